The lowest BCUT2D eigenvalue weighted by atomic mass is 10.0. The standard InChI is InChI=1S/C11H17NO/c1-5-8-10(6-2)11(7-3)12-9(4)13/h5-6,8,11H,1-2,7H2,3-4H3,(H,12,13)/b10-8+/t11-/m1/s1. The molecule has 2 heteroatoms. The van der Waals surface area contributed by atoms with Crippen LogP contribution >= 0.6 is 0 Å². The normalized spacial score (nSPS) is 13.2. The van der Waals surface area contributed by atoms with E-state index in [2.05, 4.69) is 18.5 Å². The Hall–Kier alpha value is -1.31. The molecule has 13 heavy (non-hydrogen) atoms. The minimum absolute atomic E-state index is 0.0244. The minimum atomic E-state index is -0.0244. The van der Waals surface area contributed by atoms with Crippen molar-refractivity contribution >= 4 is 5.91 Å². The van der Waals surface area contributed by atoms with Gasteiger partial charge in [-0.2, -0.15) is 0 Å². The number of hydrogen-bond acceptors (Lipinski definition) is 1. The van der Waals surface area contributed by atoms with Gasteiger partial charge in [0.15, 0.2) is 0 Å². The Morgan fingerprint density at radius 3 is 2.46 bits per heavy atom. The fourth-order valence-electron chi connectivity index (χ4n) is 1.13. The number of carbonyl (C=O) groups is 1. The van der Waals surface area contributed by atoms with E-state index in [1.807, 2.05) is 13.0 Å². The fraction of sp³-hybridized carbons (Fsp3) is 0.364. The van der Waals surface area contributed by atoms with Crippen molar-refractivity contribution in [2.24, 2.45) is 0 Å². The number of allylic oxidation sites excluding steroid dienone is 2. The molecule has 0 heterocycles. The second kappa shape index (κ2) is 6.23. The lowest BCUT2D eigenvalue weighted by Gasteiger charge is -2.16. The fourth-order valence-corrected chi connectivity index (χ4v) is 1.13. The topological polar surface area (TPSA) is 29.1 Å². The first-order valence-corrected chi connectivity index (χ1v) is 4.37. The SMILES string of the molecule is C=C/C=C(\C=C)[C@@H](CC)NC(C)=O. The van der Waals surface area contributed by atoms with Crippen LogP contribution in [0.2, 0.25) is 0 Å². The lowest BCUT2D eigenvalue weighted by molar-refractivity contribution is -0.119. The van der Waals surface area contributed by atoms with Crippen molar-refractivity contribution in [3.63, 3.8) is 0 Å². The average molecular weight is 179 g/mol. The molecule has 0 aliphatic heterocycles. The van der Waals surface area contributed by atoms with Crippen molar-refractivity contribution in [3.8, 4) is 0 Å². The van der Waals surface area contributed by atoms with E-state index in [1.54, 1.807) is 12.2 Å². The molecule has 0 unspecified atom stereocenters. The summed E-state index contributed by atoms with van der Waals surface area (Å²) in [5.74, 6) is -0.0244. The molecule has 0 radical (unpaired) electrons. The molecule has 0 aliphatic carbocycles. The molecular formula is C11H17NO. The third-order valence-electron chi connectivity index (χ3n) is 1.73. The summed E-state index contributed by atoms with van der Waals surface area (Å²) in [6.45, 7) is 10.8. The summed E-state index contributed by atoms with van der Waals surface area (Å²) in [6.07, 6.45) is 6.15. The van der Waals surface area contributed by atoms with Gasteiger partial charge >= 0.3 is 0 Å². The van der Waals surface area contributed by atoms with Crippen LogP contribution in [0.25, 0.3) is 0 Å². The van der Waals surface area contributed by atoms with Gasteiger partial charge in [-0.1, -0.05) is 38.3 Å². The van der Waals surface area contributed by atoms with Crippen molar-refractivity contribution in [2.45, 2.75) is 26.3 Å². The van der Waals surface area contributed by atoms with Crippen LogP contribution in [-0.4, -0.2) is 11.9 Å². The molecule has 0 spiro atoms. The van der Waals surface area contributed by atoms with E-state index >= 15 is 0 Å². The van der Waals surface area contributed by atoms with Gasteiger partial charge in [-0.25, -0.2) is 0 Å². The molecule has 0 aromatic carbocycles. The average Bonchev–Trinajstić information content (AvgIpc) is 2.10. The molecule has 0 saturated heterocycles. The molecule has 0 aromatic heterocycles. The van der Waals surface area contributed by atoms with E-state index in [-0.39, 0.29) is 11.9 Å². The highest BCUT2D eigenvalue weighted by Gasteiger charge is 2.09. The third-order valence-corrected chi connectivity index (χ3v) is 1.73. The molecule has 1 amide bonds. The summed E-state index contributed by atoms with van der Waals surface area (Å²) in [5, 5.41) is 2.84. The number of hydrogen-bond donors (Lipinski definition) is 1. The number of amides is 1. The highest BCUT2D eigenvalue weighted by molar-refractivity contribution is 5.73. The zero-order valence-electron chi connectivity index (χ0n) is 8.34. The van der Waals surface area contributed by atoms with Crippen LogP contribution in [0.15, 0.2) is 37.0 Å². The largest absolute Gasteiger partial charge is 0.350 e. The number of carbonyl (C=O) groups excluding carboxylic acids is 1. The molecule has 0 rings (SSSR count). The zero-order chi connectivity index (χ0) is 10.3. The molecule has 1 N–H and O–H groups in total. The molecule has 0 bridgehead atoms. The first kappa shape index (κ1) is 11.7. The molecular weight excluding hydrogens is 162 g/mol. The van der Waals surface area contributed by atoms with Crippen molar-refractivity contribution < 1.29 is 4.79 Å². The number of nitrogens with one attached hydrogen (secondary N) is 1. The van der Waals surface area contributed by atoms with E-state index in [4.69, 9.17) is 0 Å². The molecule has 0 aliphatic rings. The van der Waals surface area contributed by atoms with Gasteiger partial charge in [0, 0.05) is 6.92 Å². The predicted octanol–water partition coefficient (Wildman–Crippen LogP) is 2.20. The molecule has 1 atom stereocenters. The van der Waals surface area contributed by atoms with Crippen LogP contribution in [0.1, 0.15) is 20.3 Å². The van der Waals surface area contributed by atoms with Gasteiger partial charge in [0.2, 0.25) is 5.91 Å². The van der Waals surface area contributed by atoms with Crippen LogP contribution in [0.3, 0.4) is 0 Å². The molecule has 0 fully saturated rings. The minimum Gasteiger partial charge on any atom is -0.350 e. The zero-order valence-corrected chi connectivity index (χ0v) is 8.34. The van der Waals surface area contributed by atoms with E-state index in [0.29, 0.717) is 0 Å². The smallest absolute Gasteiger partial charge is 0.217 e. The summed E-state index contributed by atoms with van der Waals surface area (Å²) >= 11 is 0. The van der Waals surface area contributed by atoms with Gasteiger partial charge in [-0.05, 0) is 12.0 Å². The van der Waals surface area contributed by atoms with Gasteiger partial charge in [0.05, 0.1) is 6.04 Å². The van der Waals surface area contributed by atoms with Crippen molar-refractivity contribution in [2.75, 3.05) is 0 Å². The third kappa shape index (κ3) is 4.31. The predicted molar refractivity (Wildman–Crippen MR) is 56.4 cm³/mol. The molecule has 0 saturated carbocycles. The van der Waals surface area contributed by atoms with Crippen LogP contribution in [0.5, 0.6) is 0 Å². The highest BCUT2D eigenvalue weighted by Crippen LogP contribution is 2.07. The van der Waals surface area contributed by atoms with Crippen LogP contribution in [-0.2, 0) is 4.79 Å². The van der Waals surface area contributed by atoms with E-state index in [1.165, 1.54) is 6.92 Å². The summed E-state index contributed by atoms with van der Waals surface area (Å²) in [6, 6.07) is 0.0491. The maximum atomic E-state index is 10.8. The van der Waals surface area contributed by atoms with Gasteiger partial charge in [0.1, 0.15) is 0 Å². The number of rotatable bonds is 5. The van der Waals surface area contributed by atoms with Crippen molar-refractivity contribution in [1.29, 1.82) is 0 Å². The molecule has 72 valence electrons. The van der Waals surface area contributed by atoms with Gasteiger partial charge in [-0.3, -0.25) is 4.79 Å². The molecule has 0 aromatic rings. The Kier molecular flexibility index (Phi) is 5.60. The summed E-state index contributed by atoms with van der Waals surface area (Å²) in [7, 11) is 0. The van der Waals surface area contributed by atoms with Crippen LogP contribution < -0.4 is 5.32 Å². The summed E-state index contributed by atoms with van der Waals surface area (Å²) in [5.41, 5.74) is 0.993. The maximum absolute atomic E-state index is 10.8. The van der Waals surface area contributed by atoms with Gasteiger partial charge < -0.3 is 5.32 Å². The Balaban J connectivity index is 4.51. The second-order valence-electron chi connectivity index (χ2n) is 2.77. The van der Waals surface area contributed by atoms with E-state index in [9.17, 15) is 4.79 Å². The monoisotopic (exact) mass is 179 g/mol. The maximum Gasteiger partial charge on any atom is 0.217 e. The van der Waals surface area contributed by atoms with Crippen LogP contribution in [0.4, 0.5) is 0 Å². The Bertz CT molecular complexity index is 228. The van der Waals surface area contributed by atoms with Crippen molar-refractivity contribution in [1.82, 2.24) is 5.32 Å². The Labute approximate surface area is 80.0 Å². The molecule has 2 nitrogen and oxygen atoms in total. The lowest BCUT2D eigenvalue weighted by Crippen LogP contribution is -2.33. The summed E-state index contributed by atoms with van der Waals surface area (Å²) < 4.78 is 0. The van der Waals surface area contributed by atoms with Gasteiger partial charge in [-0.15, -0.1) is 0 Å². The Morgan fingerprint density at radius 2 is 2.15 bits per heavy atom. The van der Waals surface area contributed by atoms with Gasteiger partial charge in [0.25, 0.3) is 0 Å². The van der Waals surface area contributed by atoms with E-state index in [0.717, 1.165) is 12.0 Å². The first-order valence-electron chi connectivity index (χ1n) is 4.37. The summed E-state index contributed by atoms with van der Waals surface area (Å²) in [4.78, 5) is 10.8. The van der Waals surface area contributed by atoms with Crippen LogP contribution in [0, 0.1) is 0 Å². The first-order chi connectivity index (χ1) is 6.15. The second-order valence-corrected chi connectivity index (χ2v) is 2.77. The van der Waals surface area contributed by atoms with Crippen molar-refractivity contribution in [3.05, 3.63) is 37.0 Å². The van der Waals surface area contributed by atoms with E-state index < -0.39 is 0 Å². The Morgan fingerprint density at radius 1 is 1.54 bits per heavy atom. The quantitative estimate of drug-likeness (QED) is 0.644. The highest BCUT2D eigenvalue weighted by atomic mass is 16.1.